The highest BCUT2D eigenvalue weighted by Crippen LogP contribution is 2.24. The summed E-state index contributed by atoms with van der Waals surface area (Å²) < 4.78 is 5.19. The van der Waals surface area contributed by atoms with Crippen molar-refractivity contribution >= 4 is 29.1 Å². The average molecular weight is 324 g/mol. The van der Waals surface area contributed by atoms with E-state index in [4.69, 9.17) is 27.9 Å². The van der Waals surface area contributed by atoms with Crippen LogP contribution in [-0.2, 0) is 0 Å². The molecule has 0 radical (unpaired) electrons. The second-order valence-electron chi connectivity index (χ2n) is 4.59. The number of ether oxygens (including phenoxy) is 1. The molecular weight excluding hydrogens is 309 g/mol. The Bertz CT molecular complexity index is 658. The summed E-state index contributed by atoms with van der Waals surface area (Å²) in [7, 11) is 1.51. The molecule has 2 aromatic rings. The lowest BCUT2D eigenvalue weighted by Crippen LogP contribution is -2.27. The number of hydrogen-bond acceptors (Lipinski definition) is 2. The molecule has 0 heterocycles. The smallest absolute Gasteiger partial charge is 0.255 e. The molecule has 0 saturated heterocycles. The number of benzene rings is 2. The van der Waals surface area contributed by atoms with Gasteiger partial charge in [-0.2, -0.15) is 0 Å². The summed E-state index contributed by atoms with van der Waals surface area (Å²) in [6.45, 7) is 1.89. The first-order valence-electron chi connectivity index (χ1n) is 6.41. The van der Waals surface area contributed by atoms with E-state index >= 15 is 0 Å². The van der Waals surface area contributed by atoms with Gasteiger partial charge in [0.15, 0.2) is 0 Å². The van der Waals surface area contributed by atoms with Crippen molar-refractivity contribution in [1.82, 2.24) is 5.32 Å². The van der Waals surface area contributed by atoms with Crippen molar-refractivity contribution in [2.45, 2.75) is 13.0 Å². The molecule has 1 N–H and O–H groups in total. The molecule has 0 aromatic heterocycles. The van der Waals surface area contributed by atoms with E-state index in [0.717, 1.165) is 5.56 Å². The van der Waals surface area contributed by atoms with Crippen LogP contribution in [0.25, 0.3) is 0 Å². The van der Waals surface area contributed by atoms with Crippen molar-refractivity contribution in [3.8, 4) is 5.75 Å². The maximum absolute atomic E-state index is 12.4. The monoisotopic (exact) mass is 323 g/mol. The van der Waals surface area contributed by atoms with Gasteiger partial charge in [-0.3, -0.25) is 4.79 Å². The quantitative estimate of drug-likeness (QED) is 0.900. The van der Waals surface area contributed by atoms with E-state index in [9.17, 15) is 4.79 Å². The molecule has 0 aliphatic heterocycles. The molecule has 1 atom stereocenters. The van der Waals surface area contributed by atoms with Gasteiger partial charge in [-0.05, 0) is 42.8 Å². The minimum atomic E-state index is -0.248. The maximum Gasteiger partial charge on any atom is 0.255 e. The standard InChI is InChI=1S/C16H15Cl2NO2/c1-10(11-4-3-5-12(17)8-11)19-16(20)14-9-13(18)6-7-15(14)21-2/h3-10H,1-2H3,(H,19,20). The first-order valence-corrected chi connectivity index (χ1v) is 7.16. The molecule has 3 nitrogen and oxygen atoms in total. The van der Waals surface area contributed by atoms with Crippen LogP contribution in [0.2, 0.25) is 10.0 Å². The lowest BCUT2D eigenvalue weighted by Gasteiger charge is -2.16. The first kappa shape index (κ1) is 15.7. The molecule has 2 rings (SSSR count). The van der Waals surface area contributed by atoms with E-state index in [-0.39, 0.29) is 11.9 Å². The van der Waals surface area contributed by atoms with E-state index in [0.29, 0.717) is 21.4 Å². The molecule has 0 spiro atoms. The molecule has 1 amide bonds. The third kappa shape index (κ3) is 3.90. The zero-order chi connectivity index (χ0) is 15.4. The highest BCUT2D eigenvalue weighted by molar-refractivity contribution is 6.31. The molecule has 0 fully saturated rings. The Morgan fingerprint density at radius 1 is 1.14 bits per heavy atom. The Labute approximate surface area is 133 Å². The van der Waals surface area contributed by atoms with E-state index in [1.165, 1.54) is 7.11 Å². The number of carbonyl (C=O) groups is 1. The van der Waals surface area contributed by atoms with Gasteiger partial charge in [-0.1, -0.05) is 35.3 Å². The molecular formula is C16H15Cl2NO2. The molecule has 1 unspecified atom stereocenters. The Morgan fingerprint density at radius 3 is 2.52 bits per heavy atom. The van der Waals surface area contributed by atoms with Gasteiger partial charge in [0, 0.05) is 10.0 Å². The van der Waals surface area contributed by atoms with Gasteiger partial charge in [0.1, 0.15) is 5.75 Å². The molecule has 0 aliphatic rings. The lowest BCUT2D eigenvalue weighted by atomic mass is 10.1. The van der Waals surface area contributed by atoms with Crippen molar-refractivity contribution in [3.05, 3.63) is 63.6 Å². The molecule has 0 saturated carbocycles. The van der Waals surface area contributed by atoms with Gasteiger partial charge in [0.2, 0.25) is 0 Å². The summed E-state index contributed by atoms with van der Waals surface area (Å²) in [4.78, 5) is 12.4. The molecule has 0 aliphatic carbocycles. The Hall–Kier alpha value is -1.71. The van der Waals surface area contributed by atoms with Gasteiger partial charge in [0.25, 0.3) is 5.91 Å². The summed E-state index contributed by atoms with van der Waals surface area (Å²) >= 11 is 11.9. The van der Waals surface area contributed by atoms with Gasteiger partial charge < -0.3 is 10.1 Å². The Morgan fingerprint density at radius 2 is 1.86 bits per heavy atom. The average Bonchev–Trinajstić information content (AvgIpc) is 2.47. The number of amides is 1. The van der Waals surface area contributed by atoms with Crippen LogP contribution in [0.15, 0.2) is 42.5 Å². The zero-order valence-corrected chi connectivity index (χ0v) is 13.2. The first-order chi connectivity index (χ1) is 10.0. The second-order valence-corrected chi connectivity index (χ2v) is 5.47. The topological polar surface area (TPSA) is 38.3 Å². The number of nitrogens with one attached hydrogen (secondary N) is 1. The van der Waals surface area contributed by atoms with Gasteiger partial charge in [-0.15, -0.1) is 0 Å². The predicted octanol–water partition coefficient (Wildman–Crippen LogP) is 4.49. The van der Waals surface area contributed by atoms with Gasteiger partial charge in [0.05, 0.1) is 18.7 Å². The fraction of sp³-hybridized carbons (Fsp3) is 0.188. The third-order valence-electron chi connectivity index (χ3n) is 3.10. The minimum absolute atomic E-state index is 0.181. The summed E-state index contributed by atoms with van der Waals surface area (Å²) in [5.41, 5.74) is 1.33. The van der Waals surface area contributed by atoms with Crippen molar-refractivity contribution in [2.24, 2.45) is 0 Å². The number of hydrogen-bond donors (Lipinski definition) is 1. The summed E-state index contributed by atoms with van der Waals surface area (Å²) in [6, 6.07) is 12.1. The van der Waals surface area contributed by atoms with Crippen molar-refractivity contribution in [2.75, 3.05) is 7.11 Å². The number of carbonyl (C=O) groups excluding carboxylic acids is 1. The van der Waals surface area contributed by atoms with E-state index in [2.05, 4.69) is 5.32 Å². The van der Waals surface area contributed by atoms with E-state index in [1.54, 1.807) is 24.3 Å². The summed E-state index contributed by atoms with van der Waals surface area (Å²) in [5, 5.41) is 4.02. The zero-order valence-electron chi connectivity index (χ0n) is 11.7. The van der Waals surface area contributed by atoms with E-state index < -0.39 is 0 Å². The molecule has 2 aromatic carbocycles. The maximum atomic E-state index is 12.4. The number of methoxy groups -OCH3 is 1. The van der Waals surface area contributed by atoms with Crippen LogP contribution >= 0.6 is 23.2 Å². The third-order valence-corrected chi connectivity index (χ3v) is 3.57. The molecule has 21 heavy (non-hydrogen) atoms. The van der Waals surface area contributed by atoms with E-state index in [1.807, 2.05) is 25.1 Å². The van der Waals surface area contributed by atoms with Crippen LogP contribution in [0.3, 0.4) is 0 Å². The fourth-order valence-electron chi connectivity index (χ4n) is 1.99. The van der Waals surface area contributed by atoms with Crippen LogP contribution in [0.4, 0.5) is 0 Å². The lowest BCUT2D eigenvalue weighted by molar-refractivity contribution is 0.0937. The number of rotatable bonds is 4. The van der Waals surface area contributed by atoms with Crippen LogP contribution < -0.4 is 10.1 Å². The highest BCUT2D eigenvalue weighted by atomic mass is 35.5. The largest absolute Gasteiger partial charge is 0.496 e. The van der Waals surface area contributed by atoms with Gasteiger partial charge >= 0.3 is 0 Å². The molecule has 110 valence electrons. The van der Waals surface area contributed by atoms with Crippen LogP contribution in [0.5, 0.6) is 5.75 Å². The molecule has 5 heteroatoms. The van der Waals surface area contributed by atoms with Crippen LogP contribution in [0, 0.1) is 0 Å². The van der Waals surface area contributed by atoms with Crippen LogP contribution in [-0.4, -0.2) is 13.0 Å². The summed E-state index contributed by atoms with van der Waals surface area (Å²) in [6.07, 6.45) is 0. The fourth-order valence-corrected chi connectivity index (χ4v) is 2.36. The van der Waals surface area contributed by atoms with Gasteiger partial charge in [-0.25, -0.2) is 0 Å². The SMILES string of the molecule is COc1ccc(Cl)cc1C(=O)NC(C)c1cccc(Cl)c1. The van der Waals surface area contributed by atoms with Crippen LogP contribution in [0.1, 0.15) is 28.9 Å². The minimum Gasteiger partial charge on any atom is -0.496 e. The van der Waals surface area contributed by atoms with Crippen molar-refractivity contribution in [1.29, 1.82) is 0 Å². The van der Waals surface area contributed by atoms with Crippen molar-refractivity contribution in [3.63, 3.8) is 0 Å². The number of halogens is 2. The van der Waals surface area contributed by atoms with Crippen molar-refractivity contribution < 1.29 is 9.53 Å². The Balaban J connectivity index is 2.20. The normalized spacial score (nSPS) is 11.8. The molecule has 0 bridgehead atoms. The highest BCUT2D eigenvalue weighted by Gasteiger charge is 2.16. The summed E-state index contributed by atoms with van der Waals surface area (Å²) in [5.74, 6) is 0.233. The second kappa shape index (κ2) is 6.83. The predicted molar refractivity (Wildman–Crippen MR) is 85.3 cm³/mol. The Kier molecular flexibility index (Phi) is 5.10.